The summed E-state index contributed by atoms with van der Waals surface area (Å²) in [5.41, 5.74) is 0.963. The van der Waals surface area contributed by atoms with Crippen LogP contribution in [-0.4, -0.2) is 80.7 Å². The Kier molecular flexibility index (Phi) is 9.16. The third-order valence-electron chi connectivity index (χ3n) is 4.37. The zero-order valence-corrected chi connectivity index (χ0v) is 16.1. The minimum absolute atomic E-state index is 0.196. The Hall–Kier alpha value is -2.04. The highest BCUT2D eigenvalue weighted by atomic mass is 16.5. The third-order valence-corrected chi connectivity index (χ3v) is 4.37. The lowest BCUT2D eigenvalue weighted by Gasteiger charge is -2.28. The molecule has 1 aromatic carbocycles. The average Bonchev–Trinajstić information content (AvgIpc) is 2.68. The van der Waals surface area contributed by atoms with Crippen LogP contribution in [0.2, 0.25) is 0 Å². The third kappa shape index (κ3) is 6.89. The van der Waals surface area contributed by atoms with Gasteiger partial charge < -0.3 is 19.3 Å². The minimum atomic E-state index is -0.587. The molecule has 1 aromatic rings. The van der Waals surface area contributed by atoms with E-state index >= 15 is 0 Å². The van der Waals surface area contributed by atoms with E-state index in [9.17, 15) is 5.11 Å². The summed E-state index contributed by atoms with van der Waals surface area (Å²) in [6.07, 6.45) is 6.70. The number of nitrogens with zero attached hydrogens (tertiary/aromatic N) is 2. The van der Waals surface area contributed by atoms with Gasteiger partial charge in [0, 0.05) is 38.3 Å². The second kappa shape index (κ2) is 11.6. The van der Waals surface area contributed by atoms with Crippen LogP contribution >= 0.6 is 0 Å². The number of para-hydroxylation sites is 1. The monoisotopic (exact) mass is 374 g/mol. The van der Waals surface area contributed by atoms with E-state index in [-0.39, 0.29) is 6.61 Å². The number of aliphatic hydroxyl groups excluding tert-OH is 1. The summed E-state index contributed by atoms with van der Waals surface area (Å²) in [5.74, 6) is 3.96. The Labute approximate surface area is 162 Å². The van der Waals surface area contributed by atoms with Crippen molar-refractivity contribution in [3.8, 4) is 23.8 Å². The van der Waals surface area contributed by atoms with Gasteiger partial charge in [0.15, 0.2) is 11.5 Å². The molecule has 27 heavy (non-hydrogen) atoms. The fourth-order valence-electron chi connectivity index (χ4n) is 3.06. The summed E-state index contributed by atoms with van der Waals surface area (Å²) < 4.78 is 16.8. The lowest BCUT2D eigenvalue weighted by Crippen LogP contribution is -2.42. The van der Waals surface area contributed by atoms with Gasteiger partial charge >= 0.3 is 0 Å². The fraction of sp³-hybridized carbons (Fsp3) is 0.524. The smallest absolute Gasteiger partial charge is 0.165 e. The van der Waals surface area contributed by atoms with Gasteiger partial charge in [-0.15, -0.1) is 13.0 Å². The summed E-state index contributed by atoms with van der Waals surface area (Å²) in [6.45, 7) is 9.43. The predicted molar refractivity (Wildman–Crippen MR) is 106 cm³/mol. The quantitative estimate of drug-likeness (QED) is 0.467. The van der Waals surface area contributed by atoms with E-state index in [4.69, 9.17) is 20.6 Å². The molecule has 0 aromatic heterocycles. The molecule has 148 valence electrons. The van der Waals surface area contributed by atoms with E-state index in [0.717, 1.165) is 18.7 Å². The lowest BCUT2D eigenvalue weighted by atomic mass is 10.1. The predicted octanol–water partition coefficient (Wildman–Crippen LogP) is 1.39. The SMILES string of the molecule is C#CCN(CC=C)Cc1cccc(OC)c1OC[C@H](O)CN1CCOCC1. The Balaban J connectivity index is 2.02. The van der Waals surface area contributed by atoms with Crippen molar-refractivity contribution in [1.29, 1.82) is 0 Å². The second-order valence-corrected chi connectivity index (χ2v) is 6.49. The number of hydrogen-bond acceptors (Lipinski definition) is 6. The molecule has 0 amide bonds. The van der Waals surface area contributed by atoms with E-state index in [1.54, 1.807) is 7.11 Å². The molecule has 1 aliphatic rings. The maximum Gasteiger partial charge on any atom is 0.165 e. The molecule has 0 aliphatic carbocycles. The van der Waals surface area contributed by atoms with E-state index < -0.39 is 6.10 Å². The van der Waals surface area contributed by atoms with Crippen LogP contribution < -0.4 is 9.47 Å². The number of rotatable bonds is 11. The Morgan fingerprint density at radius 3 is 2.89 bits per heavy atom. The zero-order valence-electron chi connectivity index (χ0n) is 16.1. The topological polar surface area (TPSA) is 54.4 Å². The maximum atomic E-state index is 10.4. The van der Waals surface area contributed by atoms with Crippen LogP contribution in [0.3, 0.4) is 0 Å². The van der Waals surface area contributed by atoms with Crippen molar-refractivity contribution in [3.63, 3.8) is 0 Å². The van der Waals surface area contributed by atoms with Gasteiger partial charge in [-0.2, -0.15) is 0 Å². The summed E-state index contributed by atoms with van der Waals surface area (Å²) in [7, 11) is 1.61. The van der Waals surface area contributed by atoms with Crippen molar-refractivity contribution in [3.05, 3.63) is 36.4 Å². The van der Waals surface area contributed by atoms with Crippen LogP contribution in [0.5, 0.6) is 11.5 Å². The van der Waals surface area contributed by atoms with Crippen molar-refractivity contribution in [2.45, 2.75) is 12.6 Å². The van der Waals surface area contributed by atoms with Crippen LogP contribution in [0.4, 0.5) is 0 Å². The van der Waals surface area contributed by atoms with Crippen molar-refractivity contribution in [2.24, 2.45) is 0 Å². The minimum Gasteiger partial charge on any atom is -0.493 e. The largest absolute Gasteiger partial charge is 0.493 e. The molecule has 1 heterocycles. The van der Waals surface area contributed by atoms with Gasteiger partial charge in [0.1, 0.15) is 12.7 Å². The van der Waals surface area contributed by atoms with Gasteiger partial charge in [0.25, 0.3) is 0 Å². The maximum absolute atomic E-state index is 10.4. The number of hydrogen-bond donors (Lipinski definition) is 1. The van der Waals surface area contributed by atoms with Crippen LogP contribution in [0, 0.1) is 12.3 Å². The summed E-state index contributed by atoms with van der Waals surface area (Å²) in [4.78, 5) is 4.26. The van der Waals surface area contributed by atoms with Gasteiger partial charge in [-0.3, -0.25) is 9.80 Å². The van der Waals surface area contributed by atoms with Crippen molar-refractivity contribution >= 4 is 0 Å². The summed E-state index contributed by atoms with van der Waals surface area (Å²) in [5, 5.41) is 10.4. The summed E-state index contributed by atoms with van der Waals surface area (Å²) in [6, 6.07) is 5.76. The molecule has 6 nitrogen and oxygen atoms in total. The zero-order chi connectivity index (χ0) is 19.5. The number of morpholine rings is 1. The van der Waals surface area contributed by atoms with Crippen molar-refractivity contribution in [1.82, 2.24) is 9.80 Å². The van der Waals surface area contributed by atoms with Crippen LogP contribution in [0.15, 0.2) is 30.9 Å². The molecule has 0 radical (unpaired) electrons. The van der Waals surface area contributed by atoms with Crippen LogP contribution in [0.25, 0.3) is 0 Å². The molecule has 2 rings (SSSR count). The first kappa shape index (κ1) is 21.3. The second-order valence-electron chi connectivity index (χ2n) is 6.49. The number of β-amino-alcohol motifs (C(OH)–C–C–N with tert-alkyl or cyclic N) is 1. The van der Waals surface area contributed by atoms with Crippen LogP contribution in [-0.2, 0) is 11.3 Å². The van der Waals surface area contributed by atoms with E-state index in [0.29, 0.717) is 50.9 Å². The molecule has 1 atom stereocenters. The molecule has 0 saturated carbocycles. The average molecular weight is 374 g/mol. The number of terminal acetylenes is 1. The standard InChI is InChI=1S/C21H30N2O4/c1-4-9-22(10-5-2)15-18-7-6-8-20(25-3)21(18)27-17-19(24)16-23-11-13-26-14-12-23/h1,5-8,19,24H,2,9-17H2,3H3/t19-/m1/s1. The Morgan fingerprint density at radius 1 is 1.44 bits per heavy atom. The highest BCUT2D eigenvalue weighted by Crippen LogP contribution is 2.32. The van der Waals surface area contributed by atoms with Crippen molar-refractivity contribution < 1.29 is 19.3 Å². The molecular weight excluding hydrogens is 344 g/mol. The molecule has 0 bridgehead atoms. The fourth-order valence-corrected chi connectivity index (χ4v) is 3.06. The number of ether oxygens (including phenoxy) is 3. The Morgan fingerprint density at radius 2 is 2.22 bits per heavy atom. The van der Waals surface area contributed by atoms with Gasteiger partial charge in [0.2, 0.25) is 0 Å². The first-order valence-electron chi connectivity index (χ1n) is 9.21. The molecule has 0 spiro atoms. The van der Waals surface area contributed by atoms with Crippen molar-refractivity contribution in [2.75, 3.05) is 59.7 Å². The normalized spacial score (nSPS) is 15.9. The van der Waals surface area contributed by atoms with Crippen LogP contribution in [0.1, 0.15) is 5.56 Å². The highest BCUT2D eigenvalue weighted by molar-refractivity contribution is 5.46. The number of aliphatic hydroxyl groups is 1. The first-order valence-corrected chi connectivity index (χ1v) is 9.21. The molecule has 1 aliphatic heterocycles. The molecule has 1 saturated heterocycles. The van der Waals surface area contributed by atoms with Gasteiger partial charge in [-0.1, -0.05) is 24.1 Å². The number of methoxy groups -OCH3 is 1. The van der Waals surface area contributed by atoms with E-state index in [1.165, 1.54) is 0 Å². The molecule has 0 unspecified atom stereocenters. The molecule has 6 heteroatoms. The number of benzene rings is 1. The van der Waals surface area contributed by atoms with Gasteiger partial charge in [-0.05, 0) is 6.07 Å². The Bertz CT molecular complexity index is 623. The molecule has 1 fully saturated rings. The molecular formula is C21H30N2O4. The summed E-state index contributed by atoms with van der Waals surface area (Å²) >= 11 is 0. The highest BCUT2D eigenvalue weighted by Gasteiger charge is 2.18. The lowest BCUT2D eigenvalue weighted by molar-refractivity contribution is 0.00432. The van der Waals surface area contributed by atoms with Gasteiger partial charge in [-0.25, -0.2) is 0 Å². The molecule has 1 N–H and O–H groups in total. The van der Waals surface area contributed by atoms with E-state index in [2.05, 4.69) is 22.3 Å². The van der Waals surface area contributed by atoms with Gasteiger partial charge in [0.05, 0.1) is 26.9 Å². The van der Waals surface area contributed by atoms with E-state index in [1.807, 2.05) is 24.3 Å². The first-order chi connectivity index (χ1) is 13.2.